The molecular weight excluding hydrogens is 463 g/mol. The van der Waals surface area contributed by atoms with Crippen molar-refractivity contribution in [3.05, 3.63) is 71.5 Å². The normalized spacial score (nSPS) is 13.6. The summed E-state index contributed by atoms with van der Waals surface area (Å²) >= 11 is 0. The van der Waals surface area contributed by atoms with E-state index in [4.69, 9.17) is 0 Å². The SMILES string of the molecule is Cc1nc(-c2ccc(C3=NCCN3)cc2)cc(-c2ccc(C3=NCCN3)cc2)n1.Cl.Cl.O.O. The fourth-order valence-corrected chi connectivity index (χ4v) is 3.64. The predicted octanol–water partition coefficient (Wildman–Crippen LogP) is 2.01. The van der Waals surface area contributed by atoms with E-state index in [2.05, 4.69) is 79.1 Å². The molecule has 176 valence electrons. The summed E-state index contributed by atoms with van der Waals surface area (Å²) in [6.45, 7) is 5.44. The van der Waals surface area contributed by atoms with Crippen LogP contribution in [0.2, 0.25) is 0 Å². The molecule has 2 aliphatic rings. The Morgan fingerprint density at radius 2 is 0.970 bits per heavy atom. The van der Waals surface area contributed by atoms with Gasteiger partial charge in [-0.15, -0.1) is 24.8 Å². The topological polar surface area (TPSA) is 138 Å². The highest BCUT2D eigenvalue weighted by atomic mass is 35.5. The average Bonchev–Trinajstić information content (AvgIpc) is 3.48. The van der Waals surface area contributed by atoms with Gasteiger partial charge in [0.05, 0.1) is 24.5 Å². The van der Waals surface area contributed by atoms with Gasteiger partial charge in [0.1, 0.15) is 17.5 Å². The quantitative estimate of drug-likeness (QED) is 0.577. The Labute approximate surface area is 205 Å². The number of amidine groups is 2. The molecule has 0 saturated heterocycles. The molecule has 0 aliphatic carbocycles. The lowest BCUT2D eigenvalue weighted by molar-refractivity contribution is 0.823. The van der Waals surface area contributed by atoms with Crippen LogP contribution in [0.25, 0.3) is 22.5 Å². The molecule has 0 spiro atoms. The van der Waals surface area contributed by atoms with Gasteiger partial charge >= 0.3 is 0 Å². The Morgan fingerprint density at radius 3 is 1.30 bits per heavy atom. The van der Waals surface area contributed by atoms with Gasteiger partial charge in [0.2, 0.25) is 0 Å². The highest BCUT2D eigenvalue weighted by Crippen LogP contribution is 2.25. The molecule has 0 atom stereocenters. The number of benzene rings is 2. The van der Waals surface area contributed by atoms with Crippen LogP contribution in [0.1, 0.15) is 17.0 Å². The van der Waals surface area contributed by atoms with Crippen LogP contribution in [0, 0.1) is 6.92 Å². The lowest BCUT2D eigenvalue weighted by atomic mass is 10.0. The van der Waals surface area contributed by atoms with Crippen LogP contribution in [0.15, 0.2) is 64.6 Å². The number of aliphatic imine (C=N–C) groups is 2. The number of nitrogens with one attached hydrogen (secondary N) is 2. The first-order chi connectivity index (χ1) is 14.3. The highest BCUT2D eigenvalue weighted by Gasteiger charge is 2.11. The summed E-state index contributed by atoms with van der Waals surface area (Å²) in [7, 11) is 0. The minimum Gasteiger partial charge on any atom is -0.412 e. The molecule has 2 aliphatic heterocycles. The largest absolute Gasteiger partial charge is 0.412 e. The third-order valence-electron chi connectivity index (χ3n) is 5.09. The molecule has 0 radical (unpaired) electrons. The smallest absolute Gasteiger partial charge is 0.128 e. The summed E-state index contributed by atoms with van der Waals surface area (Å²) in [6.07, 6.45) is 0. The fraction of sp³-hybridized carbons (Fsp3) is 0.217. The maximum atomic E-state index is 4.65. The maximum absolute atomic E-state index is 4.65. The highest BCUT2D eigenvalue weighted by molar-refractivity contribution is 6.00. The second-order valence-electron chi connectivity index (χ2n) is 7.15. The Hall–Kier alpha value is -3.04. The zero-order chi connectivity index (χ0) is 19.6. The molecule has 0 fully saturated rings. The lowest BCUT2D eigenvalue weighted by Crippen LogP contribution is -2.19. The summed E-state index contributed by atoms with van der Waals surface area (Å²) in [6, 6.07) is 18.8. The van der Waals surface area contributed by atoms with Crippen LogP contribution < -0.4 is 10.6 Å². The molecule has 6 N–H and O–H groups in total. The van der Waals surface area contributed by atoms with E-state index < -0.39 is 0 Å². The molecular formula is C23H28Cl2N6O2. The third-order valence-corrected chi connectivity index (χ3v) is 5.09. The van der Waals surface area contributed by atoms with Gasteiger partial charge < -0.3 is 21.6 Å². The van der Waals surface area contributed by atoms with E-state index in [-0.39, 0.29) is 35.8 Å². The van der Waals surface area contributed by atoms with Crippen molar-refractivity contribution in [3.63, 3.8) is 0 Å². The van der Waals surface area contributed by atoms with E-state index in [0.29, 0.717) is 0 Å². The Morgan fingerprint density at radius 1 is 0.606 bits per heavy atom. The number of halogens is 2. The predicted molar refractivity (Wildman–Crippen MR) is 138 cm³/mol. The minimum absolute atomic E-state index is 0. The molecule has 5 rings (SSSR count). The Balaban J connectivity index is 0.00000136. The molecule has 0 amide bonds. The van der Waals surface area contributed by atoms with Gasteiger partial charge in [0.25, 0.3) is 0 Å². The van der Waals surface area contributed by atoms with E-state index in [1.807, 2.05) is 13.0 Å². The van der Waals surface area contributed by atoms with Crippen LogP contribution in [0.5, 0.6) is 0 Å². The zero-order valence-corrected chi connectivity index (χ0v) is 19.8. The van der Waals surface area contributed by atoms with Gasteiger partial charge in [-0.3, -0.25) is 9.98 Å². The molecule has 3 heterocycles. The van der Waals surface area contributed by atoms with Crippen molar-refractivity contribution < 1.29 is 11.0 Å². The van der Waals surface area contributed by atoms with Crippen molar-refractivity contribution in [2.24, 2.45) is 9.98 Å². The first kappa shape index (κ1) is 28.0. The monoisotopic (exact) mass is 490 g/mol. The summed E-state index contributed by atoms with van der Waals surface area (Å²) in [5.41, 5.74) is 6.20. The Kier molecular flexibility index (Phi) is 10.4. The van der Waals surface area contributed by atoms with Crippen molar-refractivity contribution >= 4 is 36.5 Å². The molecule has 10 heteroatoms. The van der Waals surface area contributed by atoms with Crippen LogP contribution in [0.3, 0.4) is 0 Å². The molecule has 33 heavy (non-hydrogen) atoms. The molecule has 3 aromatic rings. The molecule has 0 saturated carbocycles. The number of rotatable bonds is 4. The number of aryl methyl sites for hydroxylation is 1. The second kappa shape index (κ2) is 12.3. The van der Waals surface area contributed by atoms with Gasteiger partial charge in [-0.25, -0.2) is 9.97 Å². The molecule has 1 aromatic heterocycles. The van der Waals surface area contributed by atoms with E-state index in [1.165, 1.54) is 0 Å². The van der Waals surface area contributed by atoms with Crippen molar-refractivity contribution in [2.45, 2.75) is 6.92 Å². The standard InChI is InChI=1S/C23H22N6.2ClH.2H2O/c1-15-28-20(16-2-6-18(7-3-16)22-24-10-11-25-22)14-21(29-15)17-4-8-19(9-5-17)23-26-12-13-27-23;;;;/h2-9,14H,10-13H2,1H3,(H,24,25)(H,26,27);2*1H;2*1H2. The average molecular weight is 491 g/mol. The first-order valence-electron chi connectivity index (χ1n) is 9.90. The fourth-order valence-electron chi connectivity index (χ4n) is 3.64. The van der Waals surface area contributed by atoms with Gasteiger partial charge in [-0.2, -0.15) is 0 Å². The van der Waals surface area contributed by atoms with Gasteiger partial charge in [-0.05, 0) is 13.0 Å². The van der Waals surface area contributed by atoms with Crippen molar-refractivity contribution in [2.75, 3.05) is 26.2 Å². The van der Waals surface area contributed by atoms with Crippen LogP contribution in [-0.4, -0.2) is 58.8 Å². The van der Waals surface area contributed by atoms with E-state index in [0.717, 1.165) is 77.3 Å². The van der Waals surface area contributed by atoms with E-state index in [1.54, 1.807) is 0 Å². The van der Waals surface area contributed by atoms with Crippen LogP contribution in [-0.2, 0) is 0 Å². The van der Waals surface area contributed by atoms with Gasteiger partial charge in [0.15, 0.2) is 0 Å². The van der Waals surface area contributed by atoms with Gasteiger partial charge in [-0.1, -0.05) is 48.5 Å². The minimum atomic E-state index is 0. The van der Waals surface area contributed by atoms with Crippen LogP contribution >= 0.6 is 24.8 Å². The van der Waals surface area contributed by atoms with E-state index >= 15 is 0 Å². The number of hydrogen-bond acceptors (Lipinski definition) is 6. The maximum Gasteiger partial charge on any atom is 0.128 e. The molecule has 0 bridgehead atoms. The number of nitrogens with zero attached hydrogens (tertiary/aromatic N) is 4. The first-order valence-corrected chi connectivity index (χ1v) is 9.90. The third kappa shape index (κ3) is 6.06. The second-order valence-corrected chi connectivity index (χ2v) is 7.15. The van der Waals surface area contributed by atoms with Crippen molar-refractivity contribution in [1.82, 2.24) is 20.6 Å². The Bertz CT molecular complexity index is 1030. The van der Waals surface area contributed by atoms with Crippen LogP contribution in [0.4, 0.5) is 0 Å². The number of hydrogen-bond donors (Lipinski definition) is 2. The molecule has 8 nitrogen and oxygen atoms in total. The van der Waals surface area contributed by atoms with E-state index in [9.17, 15) is 0 Å². The lowest BCUT2D eigenvalue weighted by Gasteiger charge is -2.09. The molecule has 2 aromatic carbocycles. The van der Waals surface area contributed by atoms with Crippen molar-refractivity contribution in [1.29, 1.82) is 0 Å². The van der Waals surface area contributed by atoms with Crippen molar-refractivity contribution in [3.8, 4) is 22.5 Å². The van der Waals surface area contributed by atoms with Gasteiger partial charge in [0, 0.05) is 35.3 Å². The summed E-state index contributed by atoms with van der Waals surface area (Å²) in [5.74, 6) is 2.70. The molecule has 0 unspecified atom stereocenters. The summed E-state index contributed by atoms with van der Waals surface area (Å²) < 4.78 is 0. The zero-order valence-electron chi connectivity index (χ0n) is 18.1. The summed E-state index contributed by atoms with van der Waals surface area (Å²) in [4.78, 5) is 18.3. The number of aromatic nitrogens is 2. The summed E-state index contributed by atoms with van der Waals surface area (Å²) in [5, 5.41) is 6.62.